The van der Waals surface area contributed by atoms with Crippen LogP contribution in [0.4, 0.5) is 0 Å². The highest BCUT2D eigenvalue weighted by Gasteiger charge is 2.10. The van der Waals surface area contributed by atoms with E-state index in [2.05, 4.69) is 9.97 Å². The fourth-order valence-corrected chi connectivity index (χ4v) is 1.45. The molecular weight excluding hydrogens is 240 g/mol. The molecule has 0 unspecified atom stereocenters. The molecule has 0 saturated heterocycles. The van der Waals surface area contributed by atoms with Gasteiger partial charge >= 0.3 is 0 Å². The Balaban J connectivity index is 2.35. The first kappa shape index (κ1) is 11.7. The van der Waals surface area contributed by atoms with Crippen molar-refractivity contribution in [1.29, 1.82) is 0 Å². The lowest BCUT2D eigenvalue weighted by atomic mass is 10.3. The minimum atomic E-state index is 0.380. The SMILES string of the molecule is COc1ccccc1Oc1ncnc(Cl)c1C. The second-order valence-corrected chi connectivity index (χ2v) is 3.71. The van der Waals surface area contributed by atoms with Gasteiger partial charge in [0.15, 0.2) is 11.5 Å². The van der Waals surface area contributed by atoms with E-state index in [1.807, 2.05) is 18.2 Å². The van der Waals surface area contributed by atoms with Gasteiger partial charge in [-0.2, -0.15) is 0 Å². The van der Waals surface area contributed by atoms with Crippen molar-refractivity contribution in [2.24, 2.45) is 0 Å². The molecule has 0 atom stereocenters. The molecule has 0 aliphatic heterocycles. The molecule has 2 rings (SSSR count). The normalized spacial score (nSPS) is 10.1. The van der Waals surface area contributed by atoms with Gasteiger partial charge in [0, 0.05) is 5.56 Å². The number of aromatic nitrogens is 2. The summed E-state index contributed by atoms with van der Waals surface area (Å²) in [4.78, 5) is 7.90. The third-order valence-electron chi connectivity index (χ3n) is 2.25. The summed E-state index contributed by atoms with van der Waals surface area (Å²) in [6.45, 7) is 1.80. The Labute approximate surface area is 104 Å². The lowest BCUT2D eigenvalue weighted by Crippen LogP contribution is -1.95. The average molecular weight is 251 g/mol. The maximum absolute atomic E-state index is 5.89. The van der Waals surface area contributed by atoms with Crippen molar-refractivity contribution in [3.63, 3.8) is 0 Å². The summed E-state index contributed by atoms with van der Waals surface area (Å²) in [5.74, 6) is 1.66. The van der Waals surface area contributed by atoms with Gasteiger partial charge < -0.3 is 9.47 Å². The zero-order valence-electron chi connectivity index (χ0n) is 9.48. The zero-order chi connectivity index (χ0) is 12.3. The van der Waals surface area contributed by atoms with Crippen molar-refractivity contribution in [3.8, 4) is 17.4 Å². The van der Waals surface area contributed by atoms with Crippen LogP contribution in [0.3, 0.4) is 0 Å². The molecule has 0 saturated carbocycles. The highest BCUT2D eigenvalue weighted by atomic mass is 35.5. The molecule has 1 aromatic carbocycles. The highest BCUT2D eigenvalue weighted by molar-refractivity contribution is 6.30. The number of nitrogens with zero attached hydrogens (tertiary/aromatic N) is 2. The van der Waals surface area contributed by atoms with Crippen LogP contribution in [0.5, 0.6) is 17.4 Å². The Morgan fingerprint density at radius 3 is 2.53 bits per heavy atom. The number of para-hydroxylation sites is 2. The van der Waals surface area contributed by atoms with Gasteiger partial charge in [0.25, 0.3) is 0 Å². The number of rotatable bonds is 3. The van der Waals surface area contributed by atoms with Gasteiger partial charge in [-0.1, -0.05) is 23.7 Å². The van der Waals surface area contributed by atoms with Crippen LogP contribution in [-0.4, -0.2) is 17.1 Å². The van der Waals surface area contributed by atoms with Crippen molar-refractivity contribution in [2.45, 2.75) is 6.92 Å². The van der Waals surface area contributed by atoms with Crippen LogP contribution in [0.2, 0.25) is 5.15 Å². The average Bonchev–Trinajstić information content (AvgIpc) is 2.35. The van der Waals surface area contributed by atoms with Crippen LogP contribution >= 0.6 is 11.6 Å². The van der Waals surface area contributed by atoms with Gasteiger partial charge in [-0.15, -0.1) is 0 Å². The zero-order valence-corrected chi connectivity index (χ0v) is 10.2. The molecular formula is C12H11ClN2O2. The predicted molar refractivity (Wildman–Crippen MR) is 64.8 cm³/mol. The standard InChI is InChI=1S/C12H11ClN2O2/c1-8-11(13)14-7-15-12(8)17-10-6-4-3-5-9(10)16-2/h3-7H,1-2H3. The highest BCUT2D eigenvalue weighted by Crippen LogP contribution is 2.32. The van der Waals surface area contributed by atoms with Gasteiger partial charge in [-0.25, -0.2) is 9.97 Å². The molecule has 0 fully saturated rings. The van der Waals surface area contributed by atoms with Crippen LogP contribution < -0.4 is 9.47 Å². The third-order valence-corrected chi connectivity index (χ3v) is 2.63. The summed E-state index contributed by atoms with van der Waals surface area (Å²) in [7, 11) is 1.59. The number of hydrogen-bond acceptors (Lipinski definition) is 4. The molecule has 1 heterocycles. The largest absolute Gasteiger partial charge is 0.493 e. The second kappa shape index (κ2) is 5.01. The molecule has 2 aromatic rings. The van der Waals surface area contributed by atoms with E-state index in [0.29, 0.717) is 28.1 Å². The minimum Gasteiger partial charge on any atom is -0.493 e. The van der Waals surface area contributed by atoms with Crippen molar-refractivity contribution in [3.05, 3.63) is 41.3 Å². The maximum Gasteiger partial charge on any atom is 0.226 e. The monoisotopic (exact) mass is 250 g/mol. The second-order valence-electron chi connectivity index (χ2n) is 3.35. The Hall–Kier alpha value is -1.81. The molecule has 0 N–H and O–H groups in total. The fraction of sp³-hybridized carbons (Fsp3) is 0.167. The Morgan fingerprint density at radius 2 is 1.82 bits per heavy atom. The van der Waals surface area contributed by atoms with E-state index in [4.69, 9.17) is 21.1 Å². The Kier molecular flexibility index (Phi) is 3.44. The molecule has 88 valence electrons. The number of halogens is 1. The molecule has 0 spiro atoms. The summed E-state index contributed by atoms with van der Waals surface area (Å²) < 4.78 is 10.8. The smallest absolute Gasteiger partial charge is 0.226 e. The summed E-state index contributed by atoms with van der Waals surface area (Å²) in [6, 6.07) is 7.34. The van der Waals surface area contributed by atoms with Crippen LogP contribution in [0.1, 0.15) is 5.56 Å². The molecule has 0 amide bonds. The van der Waals surface area contributed by atoms with E-state index in [1.165, 1.54) is 6.33 Å². The number of ether oxygens (including phenoxy) is 2. The maximum atomic E-state index is 5.89. The summed E-state index contributed by atoms with van der Waals surface area (Å²) >= 11 is 5.89. The predicted octanol–water partition coefficient (Wildman–Crippen LogP) is 3.24. The summed E-state index contributed by atoms with van der Waals surface area (Å²) in [6.07, 6.45) is 1.36. The molecule has 0 bridgehead atoms. The summed E-state index contributed by atoms with van der Waals surface area (Å²) in [5.41, 5.74) is 0.695. The molecule has 0 radical (unpaired) electrons. The molecule has 1 aromatic heterocycles. The van der Waals surface area contributed by atoms with E-state index in [-0.39, 0.29) is 0 Å². The number of methoxy groups -OCH3 is 1. The van der Waals surface area contributed by atoms with Crippen molar-refractivity contribution in [1.82, 2.24) is 9.97 Å². The van der Waals surface area contributed by atoms with Gasteiger partial charge in [0.2, 0.25) is 5.88 Å². The summed E-state index contributed by atoms with van der Waals surface area (Å²) in [5, 5.41) is 0.380. The number of hydrogen-bond donors (Lipinski definition) is 0. The van der Waals surface area contributed by atoms with Gasteiger partial charge in [0.1, 0.15) is 11.5 Å². The topological polar surface area (TPSA) is 44.2 Å². The third kappa shape index (κ3) is 2.47. The van der Waals surface area contributed by atoms with Crippen LogP contribution in [0.25, 0.3) is 0 Å². The first-order valence-corrected chi connectivity index (χ1v) is 5.38. The van der Waals surface area contributed by atoms with E-state index in [9.17, 15) is 0 Å². The Bertz CT molecular complexity index is 532. The van der Waals surface area contributed by atoms with Crippen molar-refractivity contribution in [2.75, 3.05) is 7.11 Å². The lowest BCUT2D eigenvalue weighted by molar-refractivity contribution is 0.373. The first-order chi connectivity index (χ1) is 8.22. The Morgan fingerprint density at radius 1 is 1.12 bits per heavy atom. The molecule has 5 heteroatoms. The van der Waals surface area contributed by atoms with E-state index >= 15 is 0 Å². The van der Waals surface area contributed by atoms with E-state index < -0.39 is 0 Å². The first-order valence-electron chi connectivity index (χ1n) is 5.00. The molecule has 0 aliphatic carbocycles. The van der Waals surface area contributed by atoms with Crippen molar-refractivity contribution < 1.29 is 9.47 Å². The molecule has 17 heavy (non-hydrogen) atoms. The van der Waals surface area contributed by atoms with E-state index in [0.717, 1.165) is 0 Å². The lowest BCUT2D eigenvalue weighted by Gasteiger charge is -2.10. The minimum absolute atomic E-state index is 0.380. The fourth-order valence-electron chi connectivity index (χ4n) is 1.32. The van der Waals surface area contributed by atoms with Crippen LogP contribution in [0, 0.1) is 6.92 Å². The van der Waals surface area contributed by atoms with Crippen LogP contribution in [0.15, 0.2) is 30.6 Å². The van der Waals surface area contributed by atoms with Gasteiger partial charge in [-0.3, -0.25) is 0 Å². The van der Waals surface area contributed by atoms with E-state index in [1.54, 1.807) is 20.1 Å². The molecule has 4 nitrogen and oxygen atoms in total. The van der Waals surface area contributed by atoms with Crippen LogP contribution in [-0.2, 0) is 0 Å². The molecule has 0 aliphatic rings. The van der Waals surface area contributed by atoms with Gasteiger partial charge in [-0.05, 0) is 19.1 Å². The number of benzene rings is 1. The van der Waals surface area contributed by atoms with Gasteiger partial charge in [0.05, 0.1) is 7.11 Å². The quantitative estimate of drug-likeness (QED) is 0.785. The van der Waals surface area contributed by atoms with Crippen molar-refractivity contribution >= 4 is 11.6 Å².